The molecular weight excluding hydrogens is 244 g/mol. The number of imidazole rings is 1. The molecule has 2 heterocycles. The fourth-order valence-electron chi connectivity index (χ4n) is 1.83. The average Bonchev–Trinajstić information content (AvgIpc) is 2.84. The van der Waals surface area contributed by atoms with Crippen molar-refractivity contribution in [1.82, 2.24) is 19.5 Å². The number of primary amides is 1. The van der Waals surface area contributed by atoms with Crippen molar-refractivity contribution in [2.75, 3.05) is 5.73 Å². The Labute approximate surface area is 107 Å². The molecule has 0 aliphatic heterocycles. The first-order valence-electron chi connectivity index (χ1n) is 5.50. The van der Waals surface area contributed by atoms with Crippen LogP contribution < -0.4 is 11.5 Å². The maximum absolute atomic E-state index is 11.0. The fourth-order valence-corrected chi connectivity index (χ4v) is 1.83. The number of hydrogen-bond acceptors (Lipinski definition) is 5. The highest BCUT2D eigenvalue weighted by Gasteiger charge is 2.09. The summed E-state index contributed by atoms with van der Waals surface area (Å²) in [5, 5.41) is 0. The van der Waals surface area contributed by atoms with E-state index in [4.69, 9.17) is 11.5 Å². The normalized spacial score (nSPS) is 10.7. The molecular formula is C12H10N6O. The third kappa shape index (κ3) is 1.77. The number of carbonyl (C=O) groups excluding carboxylic acids is 1. The van der Waals surface area contributed by atoms with E-state index in [1.165, 1.54) is 6.33 Å². The average molecular weight is 254 g/mol. The molecule has 19 heavy (non-hydrogen) atoms. The van der Waals surface area contributed by atoms with E-state index >= 15 is 0 Å². The number of anilines is 1. The monoisotopic (exact) mass is 254 g/mol. The molecule has 0 unspecified atom stereocenters. The van der Waals surface area contributed by atoms with E-state index in [0.29, 0.717) is 22.5 Å². The zero-order chi connectivity index (χ0) is 13.4. The van der Waals surface area contributed by atoms with Crippen LogP contribution in [0.4, 0.5) is 5.82 Å². The van der Waals surface area contributed by atoms with E-state index in [1.54, 1.807) is 35.2 Å². The second-order valence-electron chi connectivity index (χ2n) is 3.96. The number of nitrogens with two attached hydrogens (primary N) is 2. The number of aromatic nitrogens is 4. The number of hydrogen-bond donors (Lipinski definition) is 2. The predicted octanol–water partition coefficient (Wildman–Crippen LogP) is 0.497. The molecule has 0 saturated heterocycles. The summed E-state index contributed by atoms with van der Waals surface area (Å²) in [6.45, 7) is 0. The van der Waals surface area contributed by atoms with Crippen LogP contribution in [0.25, 0.3) is 16.9 Å². The highest BCUT2D eigenvalue weighted by atomic mass is 16.1. The minimum absolute atomic E-state index is 0.331. The molecule has 0 spiro atoms. The van der Waals surface area contributed by atoms with Crippen LogP contribution in [-0.4, -0.2) is 25.4 Å². The van der Waals surface area contributed by atoms with Crippen LogP contribution >= 0.6 is 0 Å². The molecule has 2 aromatic heterocycles. The zero-order valence-corrected chi connectivity index (χ0v) is 9.82. The standard InChI is InChI=1S/C12H10N6O/c13-10-9-12(16-5-15-10)18(6-17-9)8-3-1-7(2-4-8)11(14)19/h1-6H,(H2,14,19)(H2,13,15,16). The van der Waals surface area contributed by atoms with Crippen LogP contribution in [0, 0.1) is 0 Å². The summed E-state index contributed by atoms with van der Waals surface area (Å²) in [4.78, 5) is 23.2. The first kappa shape index (κ1) is 11.1. The molecule has 0 bridgehead atoms. The number of carbonyl (C=O) groups is 1. The van der Waals surface area contributed by atoms with Crippen molar-refractivity contribution in [3.05, 3.63) is 42.5 Å². The Morgan fingerprint density at radius 3 is 2.53 bits per heavy atom. The van der Waals surface area contributed by atoms with Gasteiger partial charge in [0.05, 0.1) is 0 Å². The van der Waals surface area contributed by atoms with Crippen molar-refractivity contribution in [2.24, 2.45) is 5.73 Å². The number of nitrogen functional groups attached to an aromatic ring is 1. The van der Waals surface area contributed by atoms with Crippen LogP contribution in [0.15, 0.2) is 36.9 Å². The highest BCUT2D eigenvalue weighted by Crippen LogP contribution is 2.19. The van der Waals surface area contributed by atoms with Gasteiger partial charge in [0, 0.05) is 11.3 Å². The van der Waals surface area contributed by atoms with Crippen molar-refractivity contribution >= 4 is 22.9 Å². The van der Waals surface area contributed by atoms with Crippen molar-refractivity contribution in [2.45, 2.75) is 0 Å². The van der Waals surface area contributed by atoms with Gasteiger partial charge < -0.3 is 11.5 Å². The van der Waals surface area contributed by atoms with Gasteiger partial charge in [0.2, 0.25) is 5.91 Å². The Kier molecular flexibility index (Phi) is 2.38. The lowest BCUT2D eigenvalue weighted by Gasteiger charge is -2.04. The summed E-state index contributed by atoms with van der Waals surface area (Å²) in [5.74, 6) is -0.133. The van der Waals surface area contributed by atoms with E-state index < -0.39 is 5.91 Å². The van der Waals surface area contributed by atoms with E-state index in [9.17, 15) is 4.79 Å². The molecule has 3 rings (SSSR count). The molecule has 94 valence electrons. The number of nitrogens with zero attached hydrogens (tertiary/aromatic N) is 4. The van der Waals surface area contributed by atoms with Gasteiger partial charge in [-0.15, -0.1) is 0 Å². The Morgan fingerprint density at radius 2 is 1.84 bits per heavy atom. The first-order chi connectivity index (χ1) is 9.16. The highest BCUT2D eigenvalue weighted by molar-refractivity contribution is 5.93. The third-order valence-corrected chi connectivity index (χ3v) is 2.79. The second kappa shape index (κ2) is 4.05. The first-order valence-corrected chi connectivity index (χ1v) is 5.50. The summed E-state index contributed by atoms with van der Waals surface area (Å²) in [6.07, 6.45) is 2.99. The summed E-state index contributed by atoms with van der Waals surface area (Å²) >= 11 is 0. The van der Waals surface area contributed by atoms with Crippen LogP contribution in [0.3, 0.4) is 0 Å². The SMILES string of the molecule is NC(=O)c1ccc(-n2cnc3c(N)ncnc32)cc1. The lowest BCUT2D eigenvalue weighted by atomic mass is 10.2. The number of amides is 1. The van der Waals surface area contributed by atoms with Gasteiger partial charge >= 0.3 is 0 Å². The lowest BCUT2D eigenvalue weighted by molar-refractivity contribution is 0.100. The summed E-state index contributed by atoms with van der Waals surface area (Å²) < 4.78 is 1.76. The largest absolute Gasteiger partial charge is 0.382 e. The molecule has 4 N–H and O–H groups in total. The molecule has 0 saturated carbocycles. The molecule has 0 fully saturated rings. The van der Waals surface area contributed by atoms with Crippen LogP contribution in [0.2, 0.25) is 0 Å². The fraction of sp³-hybridized carbons (Fsp3) is 0. The molecule has 7 nitrogen and oxygen atoms in total. The van der Waals surface area contributed by atoms with E-state index in [1.807, 2.05) is 0 Å². The van der Waals surface area contributed by atoms with Gasteiger partial charge in [-0.3, -0.25) is 9.36 Å². The third-order valence-electron chi connectivity index (χ3n) is 2.79. The maximum atomic E-state index is 11.0. The van der Waals surface area contributed by atoms with Gasteiger partial charge in [0.15, 0.2) is 17.0 Å². The van der Waals surface area contributed by atoms with E-state index in [2.05, 4.69) is 15.0 Å². The van der Waals surface area contributed by atoms with Crippen molar-refractivity contribution in [1.29, 1.82) is 0 Å². The maximum Gasteiger partial charge on any atom is 0.248 e. The topological polar surface area (TPSA) is 113 Å². The van der Waals surface area contributed by atoms with Gasteiger partial charge in [-0.2, -0.15) is 0 Å². The molecule has 0 radical (unpaired) electrons. The predicted molar refractivity (Wildman–Crippen MR) is 69.6 cm³/mol. The molecule has 3 aromatic rings. The molecule has 1 amide bonds. The number of fused-ring (bicyclic) bond motifs is 1. The summed E-state index contributed by atoms with van der Waals surface area (Å²) in [5.41, 5.74) is 13.3. The van der Waals surface area contributed by atoms with Crippen LogP contribution in [0.1, 0.15) is 10.4 Å². The smallest absolute Gasteiger partial charge is 0.248 e. The Bertz CT molecular complexity index is 761. The van der Waals surface area contributed by atoms with Gasteiger partial charge in [0.1, 0.15) is 12.7 Å². The second-order valence-corrected chi connectivity index (χ2v) is 3.96. The van der Waals surface area contributed by atoms with Crippen molar-refractivity contribution in [3.8, 4) is 5.69 Å². The van der Waals surface area contributed by atoms with Gasteiger partial charge in [-0.1, -0.05) is 0 Å². The van der Waals surface area contributed by atoms with Crippen LogP contribution in [0.5, 0.6) is 0 Å². The van der Waals surface area contributed by atoms with Gasteiger partial charge in [0.25, 0.3) is 0 Å². The van der Waals surface area contributed by atoms with Crippen LogP contribution in [-0.2, 0) is 0 Å². The molecule has 0 aliphatic rings. The Balaban J connectivity index is 2.14. The lowest BCUT2D eigenvalue weighted by Crippen LogP contribution is -2.10. The van der Waals surface area contributed by atoms with Crippen molar-refractivity contribution in [3.63, 3.8) is 0 Å². The zero-order valence-electron chi connectivity index (χ0n) is 9.82. The van der Waals surface area contributed by atoms with Gasteiger partial charge in [-0.25, -0.2) is 15.0 Å². The van der Waals surface area contributed by atoms with Gasteiger partial charge in [-0.05, 0) is 24.3 Å². The minimum Gasteiger partial charge on any atom is -0.382 e. The molecule has 0 aliphatic carbocycles. The Morgan fingerprint density at radius 1 is 1.11 bits per heavy atom. The Hall–Kier alpha value is -2.96. The summed E-state index contributed by atoms with van der Waals surface area (Å²) in [6, 6.07) is 6.82. The van der Waals surface area contributed by atoms with E-state index in [0.717, 1.165) is 5.69 Å². The molecule has 7 heteroatoms. The number of benzene rings is 1. The minimum atomic E-state index is -0.464. The number of rotatable bonds is 2. The molecule has 1 aromatic carbocycles. The van der Waals surface area contributed by atoms with Crippen molar-refractivity contribution < 1.29 is 4.79 Å². The summed E-state index contributed by atoms with van der Waals surface area (Å²) in [7, 11) is 0. The quantitative estimate of drug-likeness (QED) is 0.691. The molecule has 0 atom stereocenters. The van der Waals surface area contributed by atoms with E-state index in [-0.39, 0.29) is 0 Å².